The van der Waals surface area contributed by atoms with E-state index in [1.165, 1.54) is 0 Å². The van der Waals surface area contributed by atoms with Crippen LogP contribution in [0.5, 0.6) is 0 Å². The highest BCUT2D eigenvalue weighted by Gasteiger charge is 2.52. The van der Waals surface area contributed by atoms with Crippen molar-refractivity contribution in [3.63, 3.8) is 0 Å². The molecule has 0 N–H and O–H groups in total. The average Bonchev–Trinajstić information content (AvgIpc) is 2.85. The number of benzene rings is 2. The fraction of sp³-hybridized carbons (Fsp3) is 0.300. The maximum atomic E-state index is 6.95. The summed E-state index contributed by atoms with van der Waals surface area (Å²) in [6, 6.07) is 10.2. The van der Waals surface area contributed by atoms with Crippen LogP contribution in [0.3, 0.4) is 0 Å². The van der Waals surface area contributed by atoms with Gasteiger partial charge in [-0.25, -0.2) is 9.69 Å². The second-order valence-electron chi connectivity index (χ2n) is 7.12. The minimum Gasteiger partial charge on any atom is -1.51 e. The Morgan fingerprint density at radius 2 is 1.31 bits per heavy atom. The van der Waals surface area contributed by atoms with E-state index in [2.05, 4.69) is 25.6 Å². The van der Waals surface area contributed by atoms with Gasteiger partial charge in [0, 0.05) is 14.5 Å². The van der Waals surface area contributed by atoms with E-state index in [0.717, 1.165) is 9.94 Å². The molecule has 152 valence electrons. The van der Waals surface area contributed by atoms with Crippen LogP contribution in [-0.4, -0.2) is 18.3 Å². The third kappa shape index (κ3) is 6.19. The van der Waals surface area contributed by atoms with Crippen molar-refractivity contribution in [3.05, 3.63) is 73.8 Å². The molecule has 0 atom stereocenters. The summed E-state index contributed by atoms with van der Waals surface area (Å²) in [5.41, 5.74) is 1.06. The third-order valence-electron chi connectivity index (χ3n) is 4.65. The van der Waals surface area contributed by atoms with Crippen molar-refractivity contribution >= 4 is 73.0 Å². The van der Waals surface area contributed by atoms with Crippen LogP contribution in [0, 0.1) is 13.1 Å². The molecule has 0 saturated carbocycles. The normalized spacial score (nSPS) is 16.0. The predicted octanol–water partition coefficient (Wildman–Crippen LogP) is 7.44. The van der Waals surface area contributed by atoms with Gasteiger partial charge in [0.25, 0.3) is 0 Å². The first kappa shape index (κ1) is 25.9. The molecule has 0 radical (unpaired) electrons. The SMILES string of the molecule is [C-]#[N+]c1ccc(B2OC(C)(C)C(C)(C)O2)c(Cl)c1.[C-]#[N+]c1ccc(Br)c(Cl)c1.[PH-2]. The molecule has 1 aliphatic heterocycles. The van der Waals surface area contributed by atoms with E-state index < -0.39 is 7.12 Å². The van der Waals surface area contributed by atoms with E-state index in [1.54, 1.807) is 36.4 Å². The lowest BCUT2D eigenvalue weighted by atomic mass is 9.79. The van der Waals surface area contributed by atoms with Gasteiger partial charge in [0.05, 0.1) is 24.3 Å². The van der Waals surface area contributed by atoms with Gasteiger partial charge >= 0.3 is 7.12 Å². The standard InChI is InChI=1S/C13H15BClNO2.C7H3BrClN.HP/c1-12(2)13(3,4)18-14(17-12)10-7-6-9(16-5)8-11(10)15;1-10-5-2-3-6(8)7(9)4-5;/h6-8H,1-4H3;2-4H;1H/q;;-2. The Labute approximate surface area is 194 Å². The predicted molar refractivity (Wildman–Crippen MR) is 127 cm³/mol. The van der Waals surface area contributed by atoms with Crippen LogP contribution >= 0.6 is 49.0 Å². The largest absolute Gasteiger partial charge is 1.51 e. The van der Waals surface area contributed by atoms with E-state index in [9.17, 15) is 0 Å². The molecule has 1 aliphatic rings. The van der Waals surface area contributed by atoms with Crippen LogP contribution in [0.15, 0.2) is 40.9 Å². The molecule has 2 aromatic rings. The molecule has 1 fully saturated rings. The molecule has 0 amide bonds. The van der Waals surface area contributed by atoms with Gasteiger partial charge in [-0.2, -0.15) is 0 Å². The van der Waals surface area contributed by atoms with Gasteiger partial charge < -0.3 is 19.2 Å². The van der Waals surface area contributed by atoms with Crippen molar-refractivity contribution in [1.29, 1.82) is 0 Å². The summed E-state index contributed by atoms with van der Waals surface area (Å²) in [7, 11) is -0.484. The molecule has 9 heteroatoms. The molecule has 1 heterocycles. The molecule has 0 spiro atoms. The molecule has 0 aromatic heterocycles. The summed E-state index contributed by atoms with van der Waals surface area (Å²) in [6.07, 6.45) is 0. The maximum absolute atomic E-state index is 6.95. The van der Waals surface area contributed by atoms with E-state index in [4.69, 9.17) is 45.7 Å². The Hall–Kier alpha value is -1.11. The van der Waals surface area contributed by atoms with Crippen molar-refractivity contribution in [2.75, 3.05) is 0 Å². The Bertz CT molecular complexity index is 958. The monoisotopic (exact) mass is 510 g/mol. The van der Waals surface area contributed by atoms with Gasteiger partial charge in [0.2, 0.25) is 0 Å². The van der Waals surface area contributed by atoms with E-state index in [-0.39, 0.29) is 21.1 Å². The van der Waals surface area contributed by atoms with Crippen LogP contribution < -0.4 is 5.46 Å². The summed E-state index contributed by atoms with van der Waals surface area (Å²) in [5, 5.41) is 1.08. The number of halogens is 3. The Balaban J connectivity index is 0.000000327. The number of nitrogens with zero attached hydrogens (tertiary/aromatic N) is 2. The third-order valence-corrected chi connectivity index (χ3v) is 6.21. The van der Waals surface area contributed by atoms with Crippen molar-refractivity contribution < 1.29 is 9.31 Å². The first-order valence-corrected chi connectivity index (χ1v) is 9.90. The highest BCUT2D eigenvalue weighted by molar-refractivity contribution is 9.10. The number of hydrogen-bond acceptors (Lipinski definition) is 2. The molecule has 2 aromatic carbocycles. The van der Waals surface area contributed by atoms with Crippen molar-refractivity contribution in [1.82, 2.24) is 0 Å². The van der Waals surface area contributed by atoms with Gasteiger partial charge in [0.15, 0.2) is 11.4 Å². The van der Waals surface area contributed by atoms with Gasteiger partial charge in [0.1, 0.15) is 0 Å². The second kappa shape index (κ2) is 10.3. The minimum atomic E-state index is -0.484. The zero-order chi connectivity index (χ0) is 21.1. The van der Waals surface area contributed by atoms with Gasteiger partial charge in [-0.05, 0) is 61.2 Å². The molecule has 29 heavy (non-hydrogen) atoms. The maximum Gasteiger partial charge on any atom is 0.496 e. The number of hydrogen-bond donors (Lipinski definition) is 0. The topological polar surface area (TPSA) is 27.2 Å². The highest BCUT2D eigenvalue weighted by Crippen LogP contribution is 2.37. The first-order chi connectivity index (χ1) is 13.0. The molecule has 3 rings (SSSR count). The fourth-order valence-electron chi connectivity index (χ4n) is 2.30. The van der Waals surface area contributed by atoms with Crippen LogP contribution in [0.1, 0.15) is 27.7 Å². The summed E-state index contributed by atoms with van der Waals surface area (Å²) in [4.78, 5) is 6.56. The highest BCUT2D eigenvalue weighted by atomic mass is 79.9. The summed E-state index contributed by atoms with van der Waals surface area (Å²) in [5.74, 6) is 0. The van der Waals surface area contributed by atoms with Crippen molar-refractivity contribution in [2.45, 2.75) is 38.9 Å². The van der Waals surface area contributed by atoms with Crippen LogP contribution in [0.2, 0.25) is 10.0 Å². The zero-order valence-electron chi connectivity index (χ0n) is 16.4. The van der Waals surface area contributed by atoms with Gasteiger partial charge in [-0.3, -0.25) is 0 Å². The van der Waals surface area contributed by atoms with Crippen molar-refractivity contribution in [3.8, 4) is 0 Å². The smallest absolute Gasteiger partial charge is 0.496 e. The molecular weight excluding hydrogens is 493 g/mol. The second-order valence-corrected chi connectivity index (χ2v) is 8.78. The number of rotatable bonds is 1. The van der Waals surface area contributed by atoms with E-state index in [1.807, 2.05) is 27.7 Å². The molecule has 0 aliphatic carbocycles. The average molecular weight is 512 g/mol. The Morgan fingerprint density at radius 1 is 0.862 bits per heavy atom. The van der Waals surface area contributed by atoms with E-state index >= 15 is 0 Å². The van der Waals surface area contributed by atoms with Crippen LogP contribution in [0.25, 0.3) is 9.69 Å². The molecule has 0 unspecified atom stereocenters. The van der Waals surface area contributed by atoms with Gasteiger partial charge in [-0.1, -0.05) is 47.5 Å². The van der Waals surface area contributed by atoms with Crippen LogP contribution in [-0.2, 0) is 9.31 Å². The van der Waals surface area contributed by atoms with Crippen LogP contribution in [0.4, 0.5) is 11.4 Å². The minimum absolute atomic E-state index is 0. The zero-order valence-corrected chi connectivity index (χ0v) is 20.5. The quantitative estimate of drug-likeness (QED) is 0.226. The van der Waals surface area contributed by atoms with Gasteiger partial charge in [-0.15, -0.1) is 0 Å². The first-order valence-electron chi connectivity index (χ1n) is 8.36. The molecular formula is C20H19BBrCl2N2O2P-2. The Morgan fingerprint density at radius 3 is 1.72 bits per heavy atom. The molecule has 4 nitrogen and oxygen atoms in total. The lowest BCUT2D eigenvalue weighted by Gasteiger charge is -2.32. The van der Waals surface area contributed by atoms with Crippen molar-refractivity contribution in [2.24, 2.45) is 0 Å². The lowest BCUT2D eigenvalue weighted by molar-refractivity contribution is 0.00578. The summed E-state index contributed by atoms with van der Waals surface area (Å²) >= 11 is 15.1. The fourth-order valence-corrected chi connectivity index (χ4v) is 2.99. The molecule has 1 saturated heterocycles. The lowest BCUT2D eigenvalue weighted by Crippen LogP contribution is -2.41. The summed E-state index contributed by atoms with van der Waals surface area (Å²) < 4.78 is 12.7. The summed E-state index contributed by atoms with van der Waals surface area (Å²) in [6.45, 7) is 21.6. The Kier molecular flexibility index (Phi) is 9.19. The molecule has 0 bridgehead atoms. The van der Waals surface area contributed by atoms with E-state index in [0.29, 0.717) is 21.4 Å².